The van der Waals surface area contributed by atoms with Gasteiger partial charge in [0.25, 0.3) is 0 Å². The third-order valence-corrected chi connectivity index (χ3v) is 5.95. The molecule has 4 rings (SSSR count). The number of fused-ring (bicyclic) bond motifs is 1. The average molecular weight is 461 g/mol. The highest BCUT2D eigenvalue weighted by molar-refractivity contribution is 9.10. The Morgan fingerprint density at radius 2 is 1.80 bits per heavy atom. The molecule has 1 N–H and O–H groups in total. The van der Waals surface area contributed by atoms with Gasteiger partial charge in [-0.2, -0.15) is 4.98 Å². The van der Waals surface area contributed by atoms with Crippen LogP contribution in [-0.4, -0.2) is 28.0 Å². The Bertz CT molecular complexity index is 878. The number of imidazole rings is 1. The SMILES string of the molecule is Clc1cc(Cl)cc(CCC2CN(c3nc4nc(Cl)c(Br)cc4[nH]3)C2)c1. The van der Waals surface area contributed by atoms with E-state index in [1.54, 1.807) is 6.07 Å². The van der Waals surface area contributed by atoms with Crippen molar-refractivity contribution in [1.29, 1.82) is 0 Å². The van der Waals surface area contributed by atoms with E-state index in [1.165, 1.54) is 5.56 Å². The lowest BCUT2D eigenvalue weighted by molar-refractivity contribution is 0.380. The number of anilines is 1. The van der Waals surface area contributed by atoms with Crippen molar-refractivity contribution in [3.8, 4) is 0 Å². The summed E-state index contributed by atoms with van der Waals surface area (Å²) in [5, 5.41) is 1.81. The number of halogens is 4. The van der Waals surface area contributed by atoms with Crippen LogP contribution in [0.5, 0.6) is 0 Å². The zero-order valence-corrected chi connectivity index (χ0v) is 16.9. The molecule has 0 radical (unpaired) electrons. The zero-order valence-electron chi connectivity index (χ0n) is 13.1. The molecule has 0 spiro atoms. The lowest BCUT2D eigenvalue weighted by Gasteiger charge is -2.39. The summed E-state index contributed by atoms with van der Waals surface area (Å²) in [6, 6.07) is 7.63. The molecule has 3 heterocycles. The number of H-pyrrole nitrogens is 1. The molecule has 0 unspecified atom stereocenters. The molecule has 2 aromatic heterocycles. The first-order chi connectivity index (χ1) is 12.0. The molecule has 1 aliphatic rings. The van der Waals surface area contributed by atoms with Gasteiger partial charge in [0.1, 0.15) is 5.15 Å². The number of benzene rings is 1. The molecule has 3 aromatic rings. The van der Waals surface area contributed by atoms with Gasteiger partial charge in [-0.25, -0.2) is 4.98 Å². The third kappa shape index (κ3) is 3.75. The summed E-state index contributed by atoms with van der Waals surface area (Å²) in [4.78, 5) is 14.3. The van der Waals surface area contributed by atoms with E-state index in [0.29, 0.717) is 26.8 Å². The number of hydrogen-bond donors (Lipinski definition) is 1. The van der Waals surface area contributed by atoms with Crippen LogP contribution in [0.15, 0.2) is 28.7 Å². The van der Waals surface area contributed by atoms with E-state index in [1.807, 2.05) is 18.2 Å². The first-order valence-corrected chi connectivity index (χ1v) is 9.82. The van der Waals surface area contributed by atoms with Gasteiger partial charge in [0.2, 0.25) is 5.95 Å². The molecule has 4 nitrogen and oxygen atoms in total. The number of hydrogen-bond acceptors (Lipinski definition) is 3. The normalized spacial score (nSPS) is 15.0. The number of pyridine rings is 1. The number of aromatic nitrogens is 3. The smallest absolute Gasteiger partial charge is 0.205 e. The molecule has 0 bridgehead atoms. The predicted octanol–water partition coefficient (Wildman–Crippen LogP) is 5.75. The van der Waals surface area contributed by atoms with Crippen molar-refractivity contribution in [2.75, 3.05) is 18.0 Å². The van der Waals surface area contributed by atoms with Crippen molar-refractivity contribution in [1.82, 2.24) is 15.0 Å². The third-order valence-electron chi connectivity index (χ3n) is 4.39. The Kier molecular flexibility index (Phi) is 4.84. The van der Waals surface area contributed by atoms with E-state index in [-0.39, 0.29) is 0 Å². The van der Waals surface area contributed by atoms with E-state index in [0.717, 1.165) is 41.9 Å². The molecule has 130 valence electrons. The predicted molar refractivity (Wildman–Crippen MR) is 107 cm³/mol. The van der Waals surface area contributed by atoms with Gasteiger partial charge >= 0.3 is 0 Å². The van der Waals surface area contributed by atoms with E-state index < -0.39 is 0 Å². The molecular formula is C17H14BrCl3N4. The van der Waals surface area contributed by atoms with E-state index in [9.17, 15) is 0 Å². The summed E-state index contributed by atoms with van der Waals surface area (Å²) in [5.41, 5.74) is 2.70. The van der Waals surface area contributed by atoms with E-state index >= 15 is 0 Å². The first-order valence-electron chi connectivity index (χ1n) is 7.89. The van der Waals surface area contributed by atoms with E-state index in [2.05, 4.69) is 35.8 Å². The van der Waals surface area contributed by atoms with Crippen LogP contribution in [-0.2, 0) is 6.42 Å². The number of aryl methyl sites for hydroxylation is 1. The fourth-order valence-electron chi connectivity index (χ4n) is 3.08. The molecule has 8 heteroatoms. The van der Waals surface area contributed by atoms with Crippen molar-refractivity contribution in [3.63, 3.8) is 0 Å². The molecule has 0 amide bonds. The van der Waals surface area contributed by atoms with Crippen molar-refractivity contribution in [3.05, 3.63) is 49.5 Å². The zero-order chi connectivity index (χ0) is 17.6. The molecule has 25 heavy (non-hydrogen) atoms. The van der Waals surface area contributed by atoms with Crippen LogP contribution in [0.4, 0.5) is 5.95 Å². The summed E-state index contributed by atoms with van der Waals surface area (Å²) >= 11 is 21.5. The van der Waals surface area contributed by atoms with Gasteiger partial charge in [-0.15, -0.1) is 0 Å². The van der Waals surface area contributed by atoms with Crippen molar-refractivity contribution in [2.45, 2.75) is 12.8 Å². The van der Waals surface area contributed by atoms with Gasteiger partial charge in [0.15, 0.2) is 5.65 Å². The maximum Gasteiger partial charge on any atom is 0.205 e. The Morgan fingerprint density at radius 3 is 2.52 bits per heavy atom. The Hall–Kier alpha value is -1.01. The molecule has 0 saturated carbocycles. The number of nitrogens with zero attached hydrogens (tertiary/aromatic N) is 3. The quantitative estimate of drug-likeness (QED) is 0.504. The van der Waals surface area contributed by atoms with Crippen LogP contribution in [0, 0.1) is 5.92 Å². The van der Waals surface area contributed by atoms with Gasteiger partial charge in [0.05, 0.1) is 9.99 Å². The second-order valence-electron chi connectivity index (χ2n) is 6.28. The minimum atomic E-state index is 0.423. The van der Waals surface area contributed by atoms with Gasteiger partial charge < -0.3 is 9.88 Å². The minimum absolute atomic E-state index is 0.423. The molecule has 1 saturated heterocycles. The maximum absolute atomic E-state index is 6.05. The summed E-state index contributed by atoms with van der Waals surface area (Å²) in [5.74, 6) is 1.48. The van der Waals surface area contributed by atoms with E-state index in [4.69, 9.17) is 34.8 Å². The van der Waals surface area contributed by atoms with Crippen molar-refractivity contribution >= 4 is 67.8 Å². The van der Waals surface area contributed by atoms with Gasteiger partial charge in [-0.05, 0) is 64.5 Å². The minimum Gasteiger partial charge on any atom is -0.342 e. The molecule has 0 aliphatic carbocycles. The monoisotopic (exact) mass is 458 g/mol. The fraction of sp³-hybridized carbons (Fsp3) is 0.294. The van der Waals surface area contributed by atoms with Crippen molar-refractivity contribution < 1.29 is 0 Å². The summed E-state index contributed by atoms with van der Waals surface area (Å²) in [7, 11) is 0. The van der Waals surface area contributed by atoms with Crippen LogP contribution >= 0.6 is 50.7 Å². The molecule has 1 fully saturated rings. The summed E-state index contributed by atoms with van der Waals surface area (Å²) < 4.78 is 0.763. The van der Waals surface area contributed by atoms with Gasteiger partial charge in [-0.1, -0.05) is 34.8 Å². The van der Waals surface area contributed by atoms with Crippen LogP contribution in [0.2, 0.25) is 15.2 Å². The molecule has 0 atom stereocenters. The lowest BCUT2D eigenvalue weighted by Crippen LogP contribution is -2.47. The maximum atomic E-state index is 6.05. The topological polar surface area (TPSA) is 44.8 Å². The van der Waals surface area contributed by atoms with Gasteiger partial charge in [-0.3, -0.25) is 0 Å². The lowest BCUT2D eigenvalue weighted by atomic mass is 9.93. The highest BCUT2D eigenvalue weighted by Gasteiger charge is 2.28. The second-order valence-corrected chi connectivity index (χ2v) is 8.37. The van der Waals surface area contributed by atoms with Crippen LogP contribution in [0.3, 0.4) is 0 Å². The molecule has 1 aromatic carbocycles. The van der Waals surface area contributed by atoms with Crippen LogP contribution in [0.25, 0.3) is 11.2 Å². The largest absolute Gasteiger partial charge is 0.342 e. The summed E-state index contributed by atoms with van der Waals surface area (Å²) in [6.45, 7) is 1.95. The fourth-order valence-corrected chi connectivity index (χ4v) is 4.11. The summed E-state index contributed by atoms with van der Waals surface area (Å²) in [6.07, 6.45) is 2.08. The Labute approximate surface area is 168 Å². The molecular weight excluding hydrogens is 446 g/mol. The first kappa shape index (κ1) is 17.4. The van der Waals surface area contributed by atoms with Crippen LogP contribution in [0.1, 0.15) is 12.0 Å². The standard InChI is InChI=1S/C17H14BrCl3N4/c18-13-6-14-16(23-15(13)21)24-17(22-14)25-7-10(8-25)2-1-9-3-11(19)5-12(20)4-9/h3-6,10H,1-2,7-8H2,(H,22,23,24). The highest BCUT2D eigenvalue weighted by Crippen LogP contribution is 2.30. The number of rotatable bonds is 4. The Balaban J connectivity index is 1.37. The number of aromatic amines is 1. The van der Waals surface area contributed by atoms with Crippen LogP contribution < -0.4 is 4.90 Å². The average Bonchev–Trinajstić information content (AvgIpc) is 2.87. The van der Waals surface area contributed by atoms with Gasteiger partial charge in [0, 0.05) is 23.1 Å². The van der Waals surface area contributed by atoms with Crippen molar-refractivity contribution in [2.24, 2.45) is 5.92 Å². The number of nitrogens with one attached hydrogen (secondary N) is 1. The second kappa shape index (κ2) is 6.95. The highest BCUT2D eigenvalue weighted by atomic mass is 79.9. The molecule has 1 aliphatic heterocycles. The Morgan fingerprint density at radius 1 is 1.08 bits per heavy atom.